The fourth-order valence-corrected chi connectivity index (χ4v) is 3.22. The Bertz CT molecular complexity index is 842. The summed E-state index contributed by atoms with van der Waals surface area (Å²) in [5, 5.41) is 9.05. The van der Waals surface area contributed by atoms with E-state index in [2.05, 4.69) is 4.90 Å². The number of piperidine rings is 1. The van der Waals surface area contributed by atoms with Crippen LogP contribution in [0.4, 0.5) is 26.3 Å². The molecule has 1 heterocycles. The van der Waals surface area contributed by atoms with E-state index in [9.17, 15) is 31.1 Å². The fraction of sp³-hybridized carbons (Fsp3) is 0.409. The lowest BCUT2D eigenvalue weighted by Gasteiger charge is -2.31. The first-order valence-electron chi connectivity index (χ1n) is 9.64. The van der Waals surface area contributed by atoms with Crippen LogP contribution >= 0.6 is 0 Å². The molecule has 0 unspecified atom stereocenters. The third kappa shape index (κ3) is 7.99. The Morgan fingerprint density at radius 1 is 0.903 bits per heavy atom. The molecular weight excluding hydrogens is 424 g/mol. The molecule has 0 saturated carbocycles. The quantitative estimate of drug-likeness (QED) is 0.502. The Morgan fingerprint density at radius 2 is 1.45 bits per heavy atom. The molecule has 1 fully saturated rings. The Hall–Kier alpha value is -2.39. The monoisotopic (exact) mass is 447 g/mol. The minimum absolute atomic E-state index is 0.0322. The van der Waals surface area contributed by atoms with Gasteiger partial charge in [-0.05, 0) is 55.6 Å². The number of carbonyl (C=O) groups excluding carboxylic acids is 1. The van der Waals surface area contributed by atoms with Crippen molar-refractivity contribution in [3.05, 3.63) is 70.8 Å². The van der Waals surface area contributed by atoms with Crippen molar-refractivity contribution < 1.29 is 36.2 Å². The van der Waals surface area contributed by atoms with Crippen LogP contribution in [0.15, 0.2) is 48.5 Å². The molecule has 0 bridgehead atoms. The van der Waals surface area contributed by atoms with E-state index in [1.807, 2.05) is 0 Å². The SMILES string of the molecule is O=Cc1cccc(C(F)(F)F)c1.OCC1CCN(Cc2cccc(C(F)(F)F)c2)CC1. The van der Waals surface area contributed by atoms with E-state index in [-0.39, 0.29) is 12.2 Å². The molecule has 31 heavy (non-hydrogen) atoms. The second kappa shape index (κ2) is 10.8. The third-order valence-electron chi connectivity index (χ3n) is 4.98. The van der Waals surface area contributed by atoms with Gasteiger partial charge < -0.3 is 5.11 Å². The van der Waals surface area contributed by atoms with Crippen molar-refractivity contribution in [2.45, 2.75) is 31.7 Å². The molecule has 3 nitrogen and oxygen atoms in total. The molecular formula is C22H23F6NO2. The zero-order valence-corrected chi connectivity index (χ0v) is 16.6. The van der Waals surface area contributed by atoms with Crippen LogP contribution < -0.4 is 0 Å². The first-order valence-corrected chi connectivity index (χ1v) is 9.64. The summed E-state index contributed by atoms with van der Waals surface area (Å²) in [6, 6.07) is 9.76. The smallest absolute Gasteiger partial charge is 0.396 e. The number of hydrogen-bond acceptors (Lipinski definition) is 3. The summed E-state index contributed by atoms with van der Waals surface area (Å²) in [5.41, 5.74) is -0.663. The Morgan fingerprint density at radius 3 is 1.97 bits per heavy atom. The molecule has 0 aromatic heterocycles. The van der Waals surface area contributed by atoms with E-state index in [4.69, 9.17) is 5.11 Å². The van der Waals surface area contributed by atoms with Crippen LogP contribution in [0.1, 0.15) is 39.9 Å². The van der Waals surface area contributed by atoms with Gasteiger partial charge in [0.15, 0.2) is 0 Å². The molecule has 0 atom stereocenters. The molecule has 2 aromatic carbocycles. The second-order valence-electron chi connectivity index (χ2n) is 7.34. The van der Waals surface area contributed by atoms with Crippen LogP contribution in [0.2, 0.25) is 0 Å². The zero-order chi connectivity index (χ0) is 23.1. The van der Waals surface area contributed by atoms with Gasteiger partial charge in [-0.2, -0.15) is 26.3 Å². The normalized spacial score (nSPS) is 15.8. The summed E-state index contributed by atoms with van der Waals surface area (Å²) < 4.78 is 73.8. The number of aldehydes is 1. The van der Waals surface area contributed by atoms with E-state index in [1.165, 1.54) is 24.3 Å². The zero-order valence-electron chi connectivity index (χ0n) is 16.6. The van der Waals surface area contributed by atoms with Crippen LogP contribution in [0.25, 0.3) is 0 Å². The van der Waals surface area contributed by atoms with Gasteiger partial charge >= 0.3 is 12.4 Å². The van der Waals surface area contributed by atoms with Crippen molar-refractivity contribution in [1.29, 1.82) is 0 Å². The van der Waals surface area contributed by atoms with E-state index < -0.39 is 23.5 Å². The van der Waals surface area contributed by atoms with Gasteiger partial charge in [0, 0.05) is 18.7 Å². The van der Waals surface area contributed by atoms with Gasteiger partial charge in [0.2, 0.25) is 0 Å². The molecule has 0 amide bonds. The number of alkyl halides is 6. The van der Waals surface area contributed by atoms with Gasteiger partial charge in [-0.25, -0.2) is 0 Å². The standard InChI is InChI=1S/C14H18F3NO.C8H5F3O/c15-14(16,17)13-3-1-2-12(8-13)9-18-6-4-11(10-19)5-7-18;9-8(10,11)7-3-1-2-6(4-7)5-12/h1-3,8,11,19H,4-7,9-10H2;1-5H. The highest BCUT2D eigenvalue weighted by atomic mass is 19.4. The maximum atomic E-state index is 12.6. The molecule has 0 spiro atoms. The van der Waals surface area contributed by atoms with E-state index >= 15 is 0 Å². The van der Waals surface area contributed by atoms with Gasteiger partial charge in [-0.3, -0.25) is 9.69 Å². The minimum Gasteiger partial charge on any atom is -0.396 e. The van der Waals surface area contributed by atoms with Crippen molar-refractivity contribution in [3.8, 4) is 0 Å². The van der Waals surface area contributed by atoms with Crippen LogP contribution in [0, 0.1) is 5.92 Å². The topological polar surface area (TPSA) is 40.5 Å². The maximum Gasteiger partial charge on any atom is 0.416 e. The molecule has 1 aliphatic rings. The molecule has 1 N–H and O–H groups in total. The number of carbonyl (C=O) groups is 1. The molecule has 1 saturated heterocycles. The molecule has 2 aromatic rings. The van der Waals surface area contributed by atoms with Crippen molar-refractivity contribution in [2.75, 3.05) is 19.7 Å². The van der Waals surface area contributed by atoms with E-state index in [0.717, 1.165) is 44.1 Å². The summed E-state index contributed by atoms with van der Waals surface area (Å²) >= 11 is 0. The van der Waals surface area contributed by atoms with Crippen molar-refractivity contribution in [3.63, 3.8) is 0 Å². The fourth-order valence-electron chi connectivity index (χ4n) is 3.22. The van der Waals surface area contributed by atoms with Crippen LogP contribution in [-0.4, -0.2) is 36.0 Å². The predicted molar refractivity (Wildman–Crippen MR) is 103 cm³/mol. The number of nitrogens with zero attached hydrogens (tertiary/aromatic N) is 1. The number of likely N-dealkylation sites (tertiary alicyclic amines) is 1. The van der Waals surface area contributed by atoms with Crippen LogP contribution in [-0.2, 0) is 18.9 Å². The summed E-state index contributed by atoms with van der Waals surface area (Å²) in [5.74, 6) is 0.345. The van der Waals surface area contributed by atoms with E-state index in [0.29, 0.717) is 24.3 Å². The van der Waals surface area contributed by atoms with Crippen molar-refractivity contribution >= 4 is 6.29 Å². The van der Waals surface area contributed by atoms with Gasteiger partial charge in [-0.15, -0.1) is 0 Å². The Kier molecular flexibility index (Phi) is 8.64. The van der Waals surface area contributed by atoms with E-state index in [1.54, 1.807) is 6.07 Å². The predicted octanol–water partition coefficient (Wildman–Crippen LogP) is 5.43. The molecule has 0 radical (unpaired) electrons. The van der Waals surface area contributed by atoms with Gasteiger partial charge in [-0.1, -0.05) is 30.3 Å². The van der Waals surface area contributed by atoms with Gasteiger partial charge in [0.25, 0.3) is 0 Å². The van der Waals surface area contributed by atoms with Crippen LogP contribution in [0.3, 0.4) is 0 Å². The summed E-state index contributed by atoms with van der Waals surface area (Å²) in [7, 11) is 0. The number of aliphatic hydroxyl groups is 1. The lowest BCUT2D eigenvalue weighted by Crippen LogP contribution is -2.34. The largest absolute Gasteiger partial charge is 0.416 e. The minimum atomic E-state index is -4.38. The van der Waals surface area contributed by atoms with Gasteiger partial charge in [0.05, 0.1) is 11.1 Å². The summed E-state index contributed by atoms with van der Waals surface area (Å²) in [4.78, 5) is 12.3. The lowest BCUT2D eigenvalue weighted by atomic mass is 9.97. The highest BCUT2D eigenvalue weighted by molar-refractivity contribution is 5.74. The maximum absolute atomic E-state index is 12.6. The molecule has 9 heteroatoms. The average Bonchev–Trinajstić information content (AvgIpc) is 2.74. The first kappa shape index (κ1) is 24.9. The number of halogens is 6. The molecule has 1 aliphatic heterocycles. The lowest BCUT2D eigenvalue weighted by molar-refractivity contribution is -0.138. The number of aliphatic hydroxyl groups excluding tert-OH is 1. The van der Waals surface area contributed by atoms with Crippen molar-refractivity contribution in [2.24, 2.45) is 5.92 Å². The highest BCUT2D eigenvalue weighted by Gasteiger charge is 2.31. The average molecular weight is 447 g/mol. The number of hydrogen-bond donors (Lipinski definition) is 1. The van der Waals surface area contributed by atoms with Crippen molar-refractivity contribution in [1.82, 2.24) is 4.90 Å². The summed E-state index contributed by atoms with van der Waals surface area (Å²) in [6.45, 7) is 2.42. The number of benzene rings is 2. The molecule has 0 aliphatic carbocycles. The van der Waals surface area contributed by atoms with Crippen LogP contribution in [0.5, 0.6) is 0 Å². The summed E-state index contributed by atoms with van der Waals surface area (Å²) in [6.07, 6.45) is -6.45. The highest BCUT2D eigenvalue weighted by Crippen LogP contribution is 2.30. The Balaban J connectivity index is 0.000000245. The first-order chi connectivity index (χ1) is 14.5. The Labute approximate surface area is 176 Å². The molecule has 3 rings (SSSR count). The number of rotatable bonds is 4. The van der Waals surface area contributed by atoms with Gasteiger partial charge in [0.1, 0.15) is 6.29 Å². The third-order valence-corrected chi connectivity index (χ3v) is 4.98. The molecule has 170 valence electrons. The second-order valence-corrected chi connectivity index (χ2v) is 7.34.